The van der Waals surface area contributed by atoms with Gasteiger partial charge < -0.3 is 5.11 Å². The van der Waals surface area contributed by atoms with Gasteiger partial charge in [-0.25, -0.2) is 9.18 Å². The maximum absolute atomic E-state index is 13.8. The lowest BCUT2D eigenvalue weighted by atomic mass is 10.1. The SMILES string of the molecule is O=C(O)[C@@H](c1ccccc1)N1C(=O)/C(=C\c2ccccc2F)SC1=S. The molecule has 0 bridgehead atoms. The van der Waals surface area contributed by atoms with Crippen LogP contribution in [0.25, 0.3) is 6.08 Å². The topological polar surface area (TPSA) is 57.6 Å². The van der Waals surface area contributed by atoms with Gasteiger partial charge in [-0.05, 0) is 17.7 Å². The van der Waals surface area contributed by atoms with Crippen LogP contribution in [0.15, 0.2) is 59.5 Å². The van der Waals surface area contributed by atoms with Crippen molar-refractivity contribution < 1.29 is 19.1 Å². The number of aliphatic carboxylic acids is 1. The Labute approximate surface area is 153 Å². The monoisotopic (exact) mass is 373 g/mol. The molecule has 7 heteroatoms. The van der Waals surface area contributed by atoms with E-state index in [1.165, 1.54) is 18.2 Å². The van der Waals surface area contributed by atoms with Gasteiger partial charge in [0.25, 0.3) is 5.91 Å². The summed E-state index contributed by atoms with van der Waals surface area (Å²) in [4.78, 5) is 25.7. The van der Waals surface area contributed by atoms with Gasteiger partial charge in [-0.2, -0.15) is 0 Å². The van der Waals surface area contributed by atoms with Gasteiger partial charge >= 0.3 is 5.97 Å². The average Bonchev–Trinajstić information content (AvgIpc) is 2.86. The highest BCUT2D eigenvalue weighted by molar-refractivity contribution is 8.26. The fourth-order valence-corrected chi connectivity index (χ4v) is 3.78. The number of rotatable bonds is 4. The smallest absolute Gasteiger partial charge is 0.331 e. The van der Waals surface area contributed by atoms with Crippen molar-refractivity contribution in [2.75, 3.05) is 0 Å². The number of carbonyl (C=O) groups is 2. The van der Waals surface area contributed by atoms with Gasteiger partial charge in [-0.3, -0.25) is 9.69 Å². The molecule has 0 aliphatic carbocycles. The zero-order valence-electron chi connectivity index (χ0n) is 12.8. The molecular formula is C18H12FNO3S2. The molecule has 1 heterocycles. The molecule has 1 N–H and O–H groups in total. The number of amides is 1. The lowest BCUT2D eigenvalue weighted by molar-refractivity contribution is -0.145. The molecule has 0 radical (unpaired) electrons. The Morgan fingerprint density at radius 3 is 2.44 bits per heavy atom. The standard InChI is InChI=1S/C18H12FNO3S2/c19-13-9-5-4-8-12(13)10-14-16(21)20(18(24)25-14)15(17(22)23)11-6-2-1-3-7-11/h1-10,15H,(H,22,23)/b14-10+/t15-/m1/s1. The molecule has 1 aliphatic heterocycles. The molecule has 0 spiro atoms. The Bertz CT molecular complexity index is 883. The highest BCUT2D eigenvalue weighted by Gasteiger charge is 2.41. The van der Waals surface area contributed by atoms with Crippen LogP contribution in [0, 0.1) is 5.82 Å². The molecule has 2 aromatic rings. The second-order valence-corrected chi connectivity index (χ2v) is 6.90. The van der Waals surface area contributed by atoms with Crippen LogP contribution < -0.4 is 0 Å². The molecule has 0 saturated carbocycles. The first-order valence-electron chi connectivity index (χ1n) is 7.28. The largest absolute Gasteiger partial charge is 0.479 e. The van der Waals surface area contributed by atoms with Crippen LogP contribution >= 0.6 is 24.0 Å². The minimum Gasteiger partial charge on any atom is -0.479 e. The third-order valence-corrected chi connectivity index (χ3v) is 4.95. The Balaban J connectivity index is 1.98. The van der Waals surface area contributed by atoms with Crippen LogP contribution in [-0.2, 0) is 9.59 Å². The van der Waals surface area contributed by atoms with Gasteiger partial charge in [0.15, 0.2) is 6.04 Å². The molecule has 126 valence electrons. The van der Waals surface area contributed by atoms with Crippen LogP contribution in [0.5, 0.6) is 0 Å². The maximum atomic E-state index is 13.8. The van der Waals surface area contributed by atoms with Crippen molar-refractivity contribution in [2.45, 2.75) is 6.04 Å². The van der Waals surface area contributed by atoms with E-state index in [9.17, 15) is 19.1 Å². The number of carboxylic acids is 1. The number of benzene rings is 2. The summed E-state index contributed by atoms with van der Waals surface area (Å²) in [5.74, 6) is -2.20. The van der Waals surface area contributed by atoms with Gasteiger partial charge in [0, 0.05) is 5.56 Å². The van der Waals surface area contributed by atoms with E-state index in [0.717, 1.165) is 16.7 Å². The van der Waals surface area contributed by atoms with Crippen molar-refractivity contribution in [1.82, 2.24) is 4.90 Å². The summed E-state index contributed by atoms with van der Waals surface area (Å²) in [7, 11) is 0. The van der Waals surface area contributed by atoms with Gasteiger partial charge in [0.05, 0.1) is 4.91 Å². The van der Waals surface area contributed by atoms with Gasteiger partial charge in [-0.1, -0.05) is 72.5 Å². The van der Waals surface area contributed by atoms with E-state index in [1.807, 2.05) is 0 Å². The molecule has 1 fully saturated rings. The normalized spacial score (nSPS) is 17.2. The second kappa shape index (κ2) is 7.16. The zero-order chi connectivity index (χ0) is 18.0. The number of nitrogens with zero attached hydrogens (tertiary/aromatic N) is 1. The third kappa shape index (κ3) is 3.47. The quantitative estimate of drug-likeness (QED) is 0.652. The lowest BCUT2D eigenvalue weighted by Gasteiger charge is -2.23. The van der Waals surface area contributed by atoms with E-state index in [4.69, 9.17) is 12.2 Å². The van der Waals surface area contributed by atoms with Crippen LogP contribution in [0.4, 0.5) is 4.39 Å². The number of thiocarbonyl (C=S) groups is 1. The van der Waals surface area contributed by atoms with Crippen molar-refractivity contribution in [2.24, 2.45) is 0 Å². The van der Waals surface area contributed by atoms with Gasteiger partial charge in [-0.15, -0.1) is 0 Å². The molecule has 1 amide bonds. The number of halogens is 1. The molecule has 1 saturated heterocycles. The third-order valence-electron chi connectivity index (χ3n) is 3.62. The first kappa shape index (κ1) is 17.3. The first-order chi connectivity index (χ1) is 12.0. The molecule has 3 rings (SSSR count). The molecule has 1 atom stereocenters. The summed E-state index contributed by atoms with van der Waals surface area (Å²) in [6, 6.07) is 13.2. The molecule has 4 nitrogen and oxygen atoms in total. The number of carbonyl (C=O) groups excluding carboxylic acids is 1. The van der Waals surface area contributed by atoms with E-state index in [1.54, 1.807) is 42.5 Å². The number of thioether (sulfide) groups is 1. The Hall–Kier alpha value is -2.51. The summed E-state index contributed by atoms with van der Waals surface area (Å²) < 4.78 is 13.9. The van der Waals surface area contributed by atoms with E-state index in [0.29, 0.717) is 5.56 Å². The van der Waals surface area contributed by atoms with Crippen LogP contribution in [-0.4, -0.2) is 26.2 Å². The fourth-order valence-electron chi connectivity index (χ4n) is 2.47. The molecule has 1 aliphatic rings. The van der Waals surface area contributed by atoms with Gasteiger partial charge in [0.2, 0.25) is 0 Å². The van der Waals surface area contributed by atoms with Gasteiger partial charge in [0.1, 0.15) is 10.1 Å². The van der Waals surface area contributed by atoms with Crippen molar-refractivity contribution in [3.05, 3.63) is 76.4 Å². The van der Waals surface area contributed by atoms with Crippen LogP contribution in [0.1, 0.15) is 17.2 Å². The number of hydrogen-bond acceptors (Lipinski definition) is 4. The Kier molecular flexibility index (Phi) is 4.96. The van der Waals surface area contributed by atoms with E-state index >= 15 is 0 Å². The summed E-state index contributed by atoms with van der Waals surface area (Å²) >= 11 is 6.17. The summed E-state index contributed by atoms with van der Waals surface area (Å²) in [5, 5.41) is 9.60. The highest BCUT2D eigenvalue weighted by Crippen LogP contribution is 2.38. The minimum absolute atomic E-state index is 0.129. The molecule has 0 unspecified atom stereocenters. The molecular weight excluding hydrogens is 361 g/mol. The summed E-state index contributed by atoms with van der Waals surface area (Å²) in [5.41, 5.74) is 0.688. The number of hydrogen-bond donors (Lipinski definition) is 1. The predicted octanol–water partition coefficient (Wildman–Crippen LogP) is 3.85. The predicted molar refractivity (Wildman–Crippen MR) is 98.2 cm³/mol. The van der Waals surface area contributed by atoms with Crippen molar-refractivity contribution in [3.63, 3.8) is 0 Å². The number of carboxylic acid groups (broad SMARTS) is 1. The molecule has 2 aromatic carbocycles. The van der Waals surface area contributed by atoms with E-state index < -0.39 is 23.7 Å². The molecule has 25 heavy (non-hydrogen) atoms. The zero-order valence-corrected chi connectivity index (χ0v) is 14.4. The van der Waals surface area contributed by atoms with E-state index in [-0.39, 0.29) is 14.8 Å². The van der Waals surface area contributed by atoms with Crippen LogP contribution in [0.2, 0.25) is 0 Å². The molecule has 0 aromatic heterocycles. The summed E-state index contributed by atoms with van der Waals surface area (Å²) in [6.07, 6.45) is 1.39. The Morgan fingerprint density at radius 1 is 1.16 bits per heavy atom. The first-order valence-corrected chi connectivity index (χ1v) is 8.51. The summed E-state index contributed by atoms with van der Waals surface area (Å²) in [6.45, 7) is 0. The van der Waals surface area contributed by atoms with Crippen molar-refractivity contribution >= 4 is 46.3 Å². The second-order valence-electron chi connectivity index (χ2n) is 5.22. The van der Waals surface area contributed by atoms with Crippen LogP contribution in [0.3, 0.4) is 0 Å². The maximum Gasteiger partial charge on any atom is 0.331 e. The minimum atomic E-state index is -1.22. The fraction of sp³-hybridized carbons (Fsp3) is 0.0556. The van der Waals surface area contributed by atoms with E-state index in [2.05, 4.69) is 0 Å². The Morgan fingerprint density at radius 2 is 1.80 bits per heavy atom. The highest BCUT2D eigenvalue weighted by atomic mass is 32.2. The average molecular weight is 373 g/mol. The lowest BCUT2D eigenvalue weighted by Crippen LogP contribution is -2.37. The van der Waals surface area contributed by atoms with Crippen molar-refractivity contribution in [3.8, 4) is 0 Å². The van der Waals surface area contributed by atoms with Crippen molar-refractivity contribution in [1.29, 1.82) is 0 Å².